The van der Waals surface area contributed by atoms with Gasteiger partial charge in [-0.2, -0.15) is 0 Å². The number of aromatic amines is 1. The lowest BCUT2D eigenvalue weighted by Gasteiger charge is -2.14. The van der Waals surface area contributed by atoms with Crippen LogP contribution in [0.1, 0.15) is 39.2 Å². The number of hydrogen-bond donors (Lipinski definition) is 2. The fourth-order valence-corrected chi connectivity index (χ4v) is 2.97. The first-order valence-corrected chi connectivity index (χ1v) is 7.54. The molecule has 1 aliphatic heterocycles. The number of nitrogens with zero attached hydrogens (tertiary/aromatic N) is 3. The molecule has 2 unspecified atom stereocenters. The predicted molar refractivity (Wildman–Crippen MR) is 80.6 cm³/mol. The second kappa shape index (κ2) is 5.48. The van der Waals surface area contributed by atoms with Crippen LogP contribution in [-0.2, 0) is 6.54 Å². The Balaban J connectivity index is 2.12. The van der Waals surface area contributed by atoms with Crippen molar-refractivity contribution >= 4 is 11.2 Å². The monoisotopic (exact) mass is 291 g/mol. The van der Waals surface area contributed by atoms with Crippen molar-refractivity contribution in [2.45, 2.75) is 51.7 Å². The van der Waals surface area contributed by atoms with E-state index in [1.165, 1.54) is 0 Å². The maximum Gasteiger partial charge on any atom is 0.330 e. The smallest absolute Gasteiger partial charge is 0.323 e. The first kappa shape index (κ1) is 14.1. The number of nitrogens with one attached hydrogen (secondary N) is 2. The van der Waals surface area contributed by atoms with Gasteiger partial charge < -0.3 is 9.88 Å². The molecule has 21 heavy (non-hydrogen) atoms. The summed E-state index contributed by atoms with van der Waals surface area (Å²) in [5.41, 5.74) is 0.232. The summed E-state index contributed by atoms with van der Waals surface area (Å²) < 4.78 is 3.44. The molecule has 7 nitrogen and oxygen atoms in total. The topological polar surface area (TPSA) is 84.7 Å². The number of H-pyrrole nitrogens is 1. The summed E-state index contributed by atoms with van der Waals surface area (Å²) in [4.78, 5) is 31.0. The summed E-state index contributed by atoms with van der Waals surface area (Å²) in [6.45, 7) is 5.69. The molecule has 0 saturated carbocycles. The average Bonchev–Trinajstić information content (AvgIpc) is 3.09. The summed E-state index contributed by atoms with van der Waals surface area (Å²) in [5.74, 6) is 0. The van der Waals surface area contributed by atoms with Crippen molar-refractivity contribution in [2.75, 3.05) is 6.54 Å². The number of imidazole rings is 1. The fourth-order valence-electron chi connectivity index (χ4n) is 2.97. The highest BCUT2D eigenvalue weighted by atomic mass is 16.2. The van der Waals surface area contributed by atoms with Crippen LogP contribution in [0.2, 0.25) is 0 Å². The van der Waals surface area contributed by atoms with Crippen molar-refractivity contribution < 1.29 is 0 Å². The molecule has 3 heterocycles. The lowest BCUT2D eigenvalue weighted by atomic mass is 10.2. The third-order valence-corrected chi connectivity index (χ3v) is 4.31. The minimum Gasteiger partial charge on any atom is -0.323 e. The molecular weight excluding hydrogens is 270 g/mol. The van der Waals surface area contributed by atoms with Crippen LogP contribution in [0, 0.1) is 0 Å². The fraction of sp³-hybridized carbons (Fsp3) is 0.643. The van der Waals surface area contributed by atoms with Gasteiger partial charge in [-0.15, -0.1) is 0 Å². The van der Waals surface area contributed by atoms with Crippen LogP contribution in [0.25, 0.3) is 11.2 Å². The Morgan fingerprint density at radius 1 is 1.48 bits per heavy atom. The van der Waals surface area contributed by atoms with Crippen molar-refractivity contribution in [1.82, 2.24) is 24.4 Å². The second-order valence-corrected chi connectivity index (χ2v) is 5.75. The van der Waals surface area contributed by atoms with Crippen molar-refractivity contribution in [3.05, 3.63) is 27.2 Å². The van der Waals surface area contributed by atoms with E-state index in [4.69, 9.17) is 0 Å². The highest BCUT2D eigenvalue weighted by Crippen LogP contribution is 2.15. The third-order valence-electron chi connectivity index (χ3n) is 4.31. The van der Waals surface area contributed by atoms with Crippen LogP contribution in [0.5, 0.6) is 0 Å². The van der Waals surface area contributed by atoms with Gasteiger partial charge in [-0.3, -0.25) is 14.3 Å². The summed E-state index contributed by atoms with van der Waals surface area (Å²) in [7, 11) is 0. The Morgan fingerprint density at radius 2 is 2.29 bits per heavy atom. The molecule has 1 aliphatic rings. The Labute approximate surface area is 122 Å². The molecule has 114 valence electrons. The zero-order valence-corrected chi connectivity index (χ0v) is 12.4. The van der Waals surface area contributed by atoms with E-state index >= 15 is 0 Å². The van der Waals surface area contributed by atoms with Crippen LogP contribution in [-0.4, -0.2) is 31.7 Å². The number of rotatable bonds is 4. The van der Waals surface area contributed by atoms with Crippen LogP contribution in [0.4, 0.5) is 0 Å². The van der Waals surface area contributed by atoms with Crippen molar-refractivity contribution in [3.8, 4) is 0 Å². The van der Waals surface area contributed by atoms with Gasteiger partial charge in [0.25, 0.3) is 5.56 Å². The lowest BCUT2D eigenvalue weighted by Crippen LogP contribution is -2.33. The Bertz CT molecular complexity index is 751. The summed E-state index contributed by atoms with van der Waals surface area (Å²) in [5, 5.41) is 3.41. The lowest BCUT2D eigenvalue weighted by molar-refractivity contribution is 0.511. The van der Waals surface area contributed by atoms with E-state index in [9.17, 15) is 9.59 Å². The van der Waals surface area contributed by atoms with E-state index in [1.807, 2.05) is 18.4 Å². The molecular formula is C14H21N5O2. The van der Waals surface area contributed by atoms with Gasteiger partial charge in [0, 0.05) is 18.6 Å². The van der Waals surface area contributed by atoms with Crippen LogP contribution >= 0.6 is 0 Å². The van der Waals surface area contributed by atoms with Gasteiger partial charge >= 0.3 is 5.69 Å². The van der Waals surface area contributed by atoms with Crippen molar-refractivity contribution in [3.63, 3.8) is 0 Å². The van der Waals surface area contributed by atoms with Crippen LogP contribution in [0.15, 0.2) is 15.9 Å². The van der Waals surface area contributed by atoms with Gasteiger partial charge in [-0.05, 0) is 32.7 Å². The number of fused-ring (bicyclic) bond motifs is 1. The SMILES string of the molecule is CCC(C)n1c(=O)[nH]c(=O)c2c1ncn2CC1CCCN1. The average molecular weight is 291 g/mol. The van der Waals surface area contributed by atoms with E-state index in [-0.39, 0.29) is 17.3 Å². The van der Waals surface area contributed by atoms with Gasteiger partial charge in [0.05, 0.1) is 6.33 Å². The summed E-state index contributed by atoms with van der Waals surface area (Å²) in [6.07, 6.45) is 4.73. The van der Waals surface area contributed by atoms with E-state index in [0.717, 1.165) is 25.8 Å². The minimum atomic E-state index is -0.383. The van der Waals surface area contributed by atoms with E-state index in [1.54, 1.807) is 10.9 Å². The molecule has 0 bridgehead atoms. The zero-order valence-electron chi connectivity index (χ0n) is 12.4. The molecule has 2 atom stereocenters. The van der Waals surface area contributed by atoms with Crippen molar-refractivity contribution in [1.29, 1.82) is 0 Å². The van der Waals surface area contributed by atoms with E-state index in [0.29, 0.717) is 23.8 Å². The van der Waals surface area contributed by atoms with Gasteiger partial charge in [-0.1, -0.05) is 6.92 Å². The maximum atomic E-state index is 12.2. The molecule has 2 aromatic rings. The molecule has 7 heteroatoms. The number of aromatic nitrogens is 4. The van der Waals surface area contributed by atoms with Crippen LogP contribution in [0.3, 0.4) is 0 Å². The van der Waals surface area contributed by atoms with Gasteiger partial charge in [-0.25, -0.2) is 9.78 Å². The Hall–Kier alpha value is -1.89. The highest BCUT2D eigenvalue weighted by Gasteiger charge is 2.20. The maximum absolute atomic E-state index is 12.2. The predicted octanol–water partition coefficient (Wildman–Crippen LogP) is 0.609. The molecule has 0 spiro atoms. The van der Waals surface area contributed by atoms with Crippen molar-refractivity contribution in [2.24, 2.45) is 0 Å². The molecule has 0 radical (unpaired) electrons. The van der Waals surface area contributed by atoms with E-state index in [2.05, 4.69) is 15.3 Å². The molecule has 0 aromatic carbocycles. The molecule has 3 rings (SSSR count). The largest absolute Gasteiger partial charge is 0.330 e. The quantitative estimate of drug-likeness (QED) is 0.864. The molecule has 1 fully saturated rings. The Morgan fingerprint density at radius 3 is 2.95 bits per heavy atom. The Kier molecular flexibility index (Phi) is 3.67. The normalized spacial score (nSPS) is 20.2. The third kappa shape index (κ3) is 2.42. The first-order chi connectivity index (χ1) is 10.1. The van der Waals surface area contributed by atoms with Crippen LogP contribution < -0.4 is 16.6 Å². The standard InChI is InChI=1S/C14H21N5O2/c1-3-9(2)19-12-11(13(20)17-14(19)21)18(8-16-12)7-10-5-4-6-15-10/h8-10,15H,3-7H2,1-2H3,(H,17,20,21). The van der Waals surface area contributed by atoms with E-state index < -0.39 is 0 Å². The minimum absolute atomic E-state index is 0.00445. The zero-order chi connectivity index (χ0) is 15.0. The highest BCUT2D eigenvalue weighted by molar-refractivity contribution is 5.70. The number of hydrogen-bond acceptors (Lipinski definition) is 4. The molecule has 0 amide bonds. The first-order valence-electron chi connectivity index (χ1n) is 7.54. The summed E-state index contributed by atoms with van der Waals surface area (Å²) >= 11 is 0. The molecule has 1 saturated heterocycles. The van der Waals surface area contributed by atoms with Gasteiger partial charge in [0.1, 0.15) is 0 Å². The second-order valence-electron chi connectivity index (χ2n) is 5.75. The van der Waals surface area contributed by atoms with Gasteiger partial charge in [0.2, 0.25) is 0 Å². The van der Waals surface area contributed by atoms with Gasteiger partial charge in [0.15, 0.2) is 11.2 Å². The summed E-state index contributed by atoms with van der Waals surface area (Å²) in [6, 6.07) is 0.371. The molecule has 2 N–H and O–H groups in total. The molecule has 2 aromatic heterocycles. The molecule has 0 aliphatic carbocycles.